The van der Waals surface area contributed by atoms with Crippen molar-refractivity contribution in [1.29, 1.82) is 0 Å². The summed E-state index contributed by atoms with van der Waals surface area (Å²) >= 11 is 0. The molecule has 0 aliphatic carbocycles. The van der Waals surface area contributed by atoms with Crippen molar-refractivity contribution in [3.8, 4) is 17.0 Å². The van der Waals surface area contributed by atoms with Crippen molar-refractivity contribution in [3.63, 3.8) is 0 Å². The number of carbonyl (C=O) groups excluding carboxylic acids is 1. The zero-order valence-electron chi connectivity index (χ0n) is 18.9. The van der Waals surface area contributed by atoms with E-state index in [-0.39, 0.29) is 12.4 Å². The van der Waals surface area contributed by atoms with Crippen LogP contribution >= 0.6 is 0 Å². The normalized spacial score (nSPS) is 11.9. The highest BCUT2D eigenvalue weighted by atomic mass is 16.5. The number of carbonyl (C=O) groups is 1. The largest absolute Gasteiger partial charge is 0.481 e. The quantitative estimate of drug-likeness (QED) is 0.357. The van der Waals surface area contributed by atoms with Gasteiger partial charge in [0, 0.05) is 49.8 Å². The first-order valence-electron chi connectivity index (χ1n) is 10.6. The first-order chi connectivity index (χ1) is 16.0. The number of fused-ring (bicyclic) bond motifs is 1. The summed E-state index contributed by atoms with van der Waals surface area (Å²) in [5, 5.41) is 14.7. The lowest BCUT2D eigenvalue weighted by Crippen LogP contribution is -2.42. The van der Waals surface area contributed by atoms with Crippen LogP contribution in [0.5, 0.6) is 5.88 Å². The van der Waals surface area contributed by atoms with Gasteiger partial charge in [-0.05, 0) is 18.6 Å². The highest BCUT2D eigenvalue weighted by Crippen LogP contribution is 2.23. The van der Waals surface area contributed by atoms with E-state index in [0.717, 1.165) is 17.5 Å². The van der Waals surface area contributed by atoms with Gasteiger partial charge in [0.05, 0.1) is 25.8 Å². The Morgan fingerprint density at radius 3 is 2.64 bits per heavy atom. The maximum atomic E-state index is 13.3. The molecule has 3 aromatic heterocycles. The lowest BCUT2D eigenvalue weighted by Gasteiger charge is -2.17. The number of rotatable bonds is 11. The van der Waals surface area contributed by atoms with Crippen LogP contribution in [0, 0.1) is 0 Å². The number of aliphatic hydroxyl groups excluding tert-OH is 1. The summed E-state index contributed by atoms with van der Waals surface area (Å²) in [6.07, 6.45) is 4.15. The number of nitrogens with one attached hydrogen (secondary N) is 2. The van der Waals surface area contributed by atoms with E-state index < -0.39 is 24.1 Å². The molecule has 0 saturated carbocycles. The topological polar surface area (TPSA) is 140 Å². The minimum atomic E-state index is -1.03. The van der Waals surface area contributed by atoms with Gasteiger partial charge >= 0.3 is 0 Å². The monoisotopic (exact) mass is 456 g/mol. The fraction of sp³-hybridized carbons (Fsp3) is 0.409. The Kier molecular flexibility index (Phi) is 8.28. The molecule has 0 spiro atoms. The molecule has 0 unspecified atom stereocenters. The number of pyridine rings is 2. The highest BCUT2D eigenvalue weighted by Gasteiger charge is 2.20. The molecule has 0 bridgehead atoms. The minimum absolute atomic E-state index is 0.0768. The van der Waals surface area contributed by atoms with Gasteiger partial charge < -0.3 is 25.2 Å². The molecule has 11 nitrogen and oxygen atoms in total. The second kappa shape index (κ2) is 11.3. The van der Waals surface area contributed by atoms with Crippen LogP contribution < -0.4 is 20.9 Å². The standard InChI is InChI=1S/C22H28N6O5/c1-4-8-33-9-7-28-17-10-15(14-5-6-18(32-3)24-11-14)12-25-19(17)27-20(22(28)31)26-16(13-29)21(30)23-2/h5-6,10-12,16,29H,4,7-9,13H2,1-3H3,(H,23,30)(H,25,26,27)/t16-/m1/s1. The Hall–Kier alpha value is -3.57. The SMILES string of the molecule is CCCOCCn1c(=O)c(N[C@H](CO)C(=O)NC)nc2ncc(-c3ccc(OC)nc3)cc21. The van der Waals surface area contributed by atoms with E-state index in [1.165, 1.54) is 11.6 Å². The van der Waals surface area contributed by atoms with Crippen LogP contribution in [-0.4, -0.2) is 70.6 Å². The third-order valence-corrected chi connectivity index (χ3v) is 4.95. The Morgan fingerprint density at radius 1 is 1.21 bits per heavy atom. The van der Waals surface area contributed by atoms with E-state index in [0.29, 0.717) is 30.3 Å². The van der Waals surface area contributed by atoms with Crippen LogP contribution in [0.25, 0.3) is 22.3 Å². The number of likely N-dealkylation sites (N-methyl/N-ethyl adjacent to an activating group) is 1. The number of hydrogen-bond acceptors (Lipinski definition) is 9. The summed E-state index contributed by atoms with van der Waals surface area (Å²) in [4.78, 5) is 38.2. The summed E-state index contributed by atoms with van der Waals surface area (Å²) in [7, 11) is 2.99. The molecule has 11 heteroatoms. The number of nitrogens with zero attached hydrogens (tertiary/aromatic N) is 4. The summed E-state index contributed by atoms with van der Waals surface area (Å²) in [6.45, 7) is 2.66. The van der Waals surface area contributed by atoms with Crippen LogP contribution in [0.2, 0.25) is 0 Å². The molecular weight excluding hydrogens is 428 g/mol. The van der Waals surface area contributed by atoms with E-state index in [2.05, 4.69) is 25.6 Å². The number of aliphatic hydroxyl groups is 1. The molecule has 0 radical (unpaired) electrons. The van der Waals surface area contributed by atoms with Gasteiger partial charge in [-0.25, -0.2) is 15.0 Å². The number of methoxy groups -OCH3 is 1. The minimum Gasteiger partial charge on any atom is -0.481 e. The molecule has 0 aliphatic rings. The van der Waals surface area contributed by atoms with Crippen LogP contribution in [-0.2, 0) is 16.1 Å². The molecule has 0 aliphatic heterocycles. The summed E-state index contributed by atoms with van der Waals surface area (Å²) in [5.74, 6) is -0.0524. The van der Waals surface area contributed by atoms with Crippen molar-refractivity contribution in [2.45, 2.75) is 25.9 Å². The number of amides is 1. The van der Waals surface area contributed by atoms with Crippen molar-refractivity contribution in [2.24, 2.45) is 0 Å². The summed E-state index contributed by atoms with van der Waals surface area (Å²) in [5.41, 5.74) is 1.93. The Morgan fingerprint density at radius 2 is 2.00 bits per heavy atom. The predicted octanol–water partition coefficient (Wildman–Crippen LogP) is 0.808. The van der Waals surface area contributed by atoms with Crippen LogP contribution in [0.4, 0.5) is 5.82 Å². The maximum Gasteiger partial charge on any atom is 0.293 e. The molecule has 33 heavy (non-hydrogen) atoms. The van der Waals surface area contributed by atoms with Gasteiger partial charge in [0.2, 0.25) is 11.8 Å². The molecule has 0 aromatic carbocycles. The fourth-order valence-electron chi connectivity index (χ4n) is 3.20. The maximum absolute atomic E-state index is 13.3. The second-order valence-electron chi connectivity index (χ2n) is 7.18. The molecule has 3 N–H and O–H groups in total. The third kappa shape index (κ3) is 5.62. The number of anilines is 1. The van der Waals surface area contributed by atoms with Crippen molar-refractivity contribution in [2.75, 3.05) is 39.3 Å². The smallest absolute Gasteiger partial charge is 0.293 e. The molecule has 3 heterocycles. The van der Waals surface area contributed by atoms with Crippen LogP contribution in [0.3, 0.4) is 0 Å². The molecule has 176 valence electrons. The van der Waals surface area contributed by atoms with Crippen molar-refractivity contribution < 1.29 is 19.4 Å². The lowest BCUT2D eigenvalue weighted by atomic mass is 10.1. The van der Waals surface area contributed by atoms with E-state index in [1.54, 1.807) is 25.6 Å². The van der Waals surface area contributed by atoms with Gasteiger partial charge in [-0.15, -0.1) is 0 Å². The van der Waals surface area contributed by atoms with E-state index in [1.807, 2.05) is 19.1 Å². The third-order valence-electron chi connectivity index (χ3n) is 4.95. The second-order valence-corrected chi connectivity index (χ2v) is 7.18. The predicted molar refractivity (Wildman–Crippen MR) is 123 cm³/mol. The summed E-state index contributed by atoms with van der Waals surface area (Å²) < 4.78 is 12.2. The Labute approximate surface area is 190 Å². The van der Waals surface area contributed by atoms with E-state index in [4.69, 9.17) is 9.47 Å². The van der Waals surface area contributed by atoms with Crippen LogP contribution in [0.15, 0.2) is 35.4 Å². The Balaban J connectivity index is 2.06. The Bertz CT molecular complexity index is 1150. The van der Waals surface area contributed by atoms with Gasteiger partial charge in [0.15, 0.2) is 11.5 Å². The van der Waals surface area contributed by atoms with Crippen molar-refractivity contribution >= 4 is 22.9 Å². The first kappa shape index (κ1) is 24.1. The van der Waals surface area contributed by atoms with Crippen molar-refractivity contribution in [3.05, 3.63) is 40.9 Å². The average Bonchev–Trinajstić information content (AvgIpc) is 2.85. The molecule has 3 aromatic rings. The number of aromatic nitrogens is 4. The highest BCUT2D eigenvalue weighted by molar-refractivity contribution is 5.85. The molecule has 0 fully saturated rings. The lowest BCUT2D eigenvalue weighted by molar-refractivity contribution is -0.122. The van der Waals surface area contributed by atoms with Crippen molar-refractivity contribution in [1.82, 2.24) is 24.8 Å². The van der Waals surface area contributed by atoms with Gasteiger partial charge in [-0.3, -0.25) is 14.2 Å². The van der Waals surface area contributed by atoms with Gasteiger partial charge in [0.1, 0.15) is 6.04 Å². The number of hydrogen-bond donors (Lipinski definition) is 3. The zero-order valence-corrected chi connectivity index (χ0v) is 18.9. The molecule has 0 saturated heterocycles. The molecular formula is C22H28N6O5. The fourth-order valence-corrected chi connectivity index (χ4v) is 3.20. The molecule has 1 atom stereocenters. The summed E-state index contributed by atoms with van der Waals surface area (Å²) in [6, 6.07) is 4.37. The van der Waals surface area contributed by atoms with Crippen LogP contribution in [0.1, 0.15) is 13.3 Å². The van der Waals surface area contributed by atoms with Gasteiger partial charge in [0.25, 0.3) is 5.56 Å². The molecule has 1 amide bonds. The van der Waals surface area contributed by atoms with Gasteiger partial charge in [-0.1, -0.05) is 6.92 Å². The molecule has 3 rings (SSSR count). The van der Waals surface area contributed by atoms with E-state index in [9.17, 15) is 14.7 Å². The average molecular weight is 457 g/mol. The zero-order chi connectivity index (χ0) is 23.8. The number of ether oxygens (including phenoxy) is 2. The first-order valence-corrected chi connectivity index (χ1v) is 10.6. The van der Waals surface area contributed by atoms with Gasteiger partial charge in [-0.2, -0.15) is 0 Å². The van der Waals surface area contributed by atoms with E-state index >= 15 is 0 Å².